The van der Waals surface area contributed by atoms with Crippen LogP contribution in [0.3, 0.4) is 0 Å². The van der Waals surface area contributed by atoms with Crippen LogP contribution in [-0.4, -0.2) is 13.3 Å². The zero-order valence-corrected chi connectivity index (χ0v) is 7.11. The number of anilines is 1. The molecule has 0 heterocycles. The minimum Gasteiger partial charge on any atom is -0.388 e. The van der Waals surface area contributed by atoms with Crippen LogP contribution in [0, 0.1) is 18.2 Å². The van der Waals surface area contributed by atoms with E-state index < -0.39 is 0 Å². The number of nitrogens with one attached hydrogen (secondary N) is 2. The molecule has 0 radical (unpaired) electrons. The van der Waals surface area contributed by atoms with E-state index in [0.717, 1.165) is 6.21 Å². The maximum Gasteiger partial charge on any atom is 0.136 e. The molecule has 0 aliphatic heterocycles. The van der Waals surface area contributed by atoms with Gasteiger partial charge in [0.15, 0.2) is 0 Å². The Kier molecular flexibility index (Phi) is 2.43. The molecule has 2 nitrogen and oxygen atoms in total. The molecule has 2 N–H and O–H groups in total. The second kappa shape index (κ2) is 3.34. The lowest BCUT2D eigenvalue weighted by Gasteiger charge is -2.06. The highest BCUT2D eigenvalue weighted by molar-refractivity contribution is 5.86. The second-order valence-corrected chi connectivity index (χ2v) is 2.55. The molecule has 0 atom stereocenters. The Bertz CT molecular complexity index is 308. The highest BCUT2D eigenvalue weighted by Gasteiger charge is 2.06. The minimum atomic E-state index is -0.322. The molecule has 1 aromatic rings. The Balaban J connectivity index is 3.35. The molecule has 1 aromatic carbocycles. The van der Waals surface area contributed by atoms with Crippen LogP contribution in [0.25, 0.3) is 0 Å². The van der Waals surface area contributed by atoms with Crippen molar-refractivity contribution in [3.05, 3.63) is 29.1 Å². The number of hydrogen-bond donors (Lipinski definition) is 2. The molecule has 12 heavy (non-hydrogen) atoms. The van der Waals surface area contributed by atoms with Gasteiger partial charge in [0.25, 0.3) is 0 Å². The summed E-state index contributed by atoms with van der Waals surface area (Å²) in [5.41, 5.74) is 1.53. The molecule has 0 aromatic heterocycles. The molecule has 0 amide bonds. The van der Waals surface area contributed by atoms with Crippen LogP contribution < -0.4 is 5.32 Å². The van der Waals surface area contributed by atoms with Gasteiger partial charge in [0.05, 0.1) is 5.56 Å². The van der Waals surface area contributed by atoms with Gasteiger partial charge in [0.1, 0.15) is 5.82 Å². The van der Waals surface area contributed by atoms with Crippen molar-refractivity contribution in [2.24, 2.45) is 0 Å². The summed E-state index contributed by atoms with van der Waals surface area (Å²) in [5, 5.41) is 9.84. The van der Waals surface area contributed by atoms with Gasteiger partial charge >= 0.3 is 0 Å². The summed E-state index contributed by atoms with van der Waals surface area (Å²) in [4.78, 5) is 0. The fraction of sp³-hybridized carbons (Fsp3) is 0.222. The van der Waals surface area contributed by atoms with Crippen molar-refractivity contribution in [1.82, 2.24) is 0 Å². The van der Waals surface area contributed by atoms with Gasteiger partial charge in [-0.05, 0) is 18.6 Å². The van der Waals surface area contributed by atoms with E-state index in [4.69, 9.17) is 5.41 Å². The maximum atomic E-state index is 13.3. The Labute approximate surface area is 70.9 Å². The van der Waals surface area contributed by atoms with Crippen LogP contribution >= 0.6 is 0 Å². The smallest absolute Gasteiger partial charge is 0.136 e. The largest absolute Gasteiger partial charge is 0.388 e. The molecular weight excluding hydrogens is 155 g/mol. The molecule has 0 aliphatic rings. The lowest BCUT2D eigenvalue weighted by molar-refractivity contribution is 0.617. The predicted octanol–water partition coefficient (Wildman–Crippen LogP) is 2.17. The first-order valence-electron chi connectivity index (χ1n) is 3.68. The van der Waals surface area contributed by atoms with Crippen molar-refractivity contribution >= 4 is 11.9 Å². The van der Waals surface area contributed by atoms with E-state index in [2.05, 4.69) is 5.32 Å². The van der Waals surface area contributed by atoms with E-state index in [-0.39, 0.29) is 5.82 Å². The number of aryl methyl sites for hydroxylation is 1. The van der Waals surface area contributed by atoms with Gasteiger partial charge < -0.3 is 10.7 Å². The van der Waals surface area contributed by atoms with Crippen LogP contribution in [0.2, 0.25) is 0 Å². The van der Waals surface area contributed by atoms with E-state index in [9.17, 15) is 4.39 Å². The van der Waals surface area contributed by atoms with E-state index in [1.807, 2.05) is 0 Å². The van der Waals surface area contributed by atoms with Gasteiger partial charge in [0.2, 0.25) is 0 Å². The number of hydrogen-bond acceptors (Lipinski definition) is 2. The average Bonchev–Trinajstić information content (AvgIpc) is 2.09. The molecule has 0 aliphatic carbocycles. The second-order valence-electron chi connectivity index (χ2n) is 2.55. The average molecular weight is 166 g/mol. The van der Waals surface area contributed by atoms with Crippen molar-refractivity contribution in [3.8, 4) is 0 Å². The number of benzene rings is 1. The third-order valence-electron chi connectivity index (χ3n) is 1.79. The lowest BCUT2D eigenvalue weighted by atomic mass is 10.1. The molecule has 64 valence electrons. The summed E-state index contributed by atoms with van der Waals surface area (Å²) in [6.45, 7) is 1.68. The first kappa shape index (κ1) is 8.71. The molecule has 0 fully saturated rings. The van der Waals surface area contributed by atoms with Crippen LogP contribution in [0.1, 0.15) is 11.1 Å². The molecule has 0 spiro atoms. The van der Waals surface area contributed by atoms with Gasteiger partial charge in [0, 0.05) is 18.9 Å². The van der Waals surface area contributed by atoms with E-state index in [0.29, 0.717) is 16.8 Å². The Morgan fingerprint density at radius 3 is 2.67 bits per heavy atom. The summed E-state index contributed by atoms with van der Waals surface area (Å²) in [5.74, 6) is -0.322. The normalized spacial score (nSPS) is 9.58. The molecule has 0 unspecified atom stereocenters. The molecule has 0 saturated heterocycles. The molecule has 0 bridgehead atoms. The lowest BCUT2D eigenvalue weighted by Crippen LogP contribution is -1.99. The number of rotatable bonds is 2. The highest BCUT2D eigenvalue weighted by Crippen LogP contribution is 2.19. The third kappa shape index (κ3) is 1.30. The van der Waals surface area contributed by atoms with Crippen LogP contribution in [0.15, 0.2) is 12.1 Å². The molecule has 1 rings (SSSR count). The monoisotopic (exact) mass is 166 g/mol. The zero-order valence-electron chi connectivity index (χ0n) is 7.11. The van der Waals surface area contributed by atoms with Gasteiger partial charge in [-0.3, -0.25) is 0 Å². The van der Waals surface area contributed by atoms with Gasteiger partial charge in [-0.25, -0.2) is 4.39 Å². The Hall–Kier alpha value is -1.38. The van der Waals surface area contributed by atoms with Gasteiger partial charge in [-0.2, -0.15) is 0 Å². The van der Waals surface area contributed by atoms with Crippen molar-refractivity contribution in [2.45, 2.75) is 6.92 Å². The van der Waals surface area contributed by atoms with Crippen LogP contribution in [0.4, 0.5) is 10.1 Å². The Morgan fingerprint density at radius 1 is 1.50 bits per heavy atom. The first-order chi connectivity index (χ1) is 5.70. The summed E-state index contributed by atoms with van der Waals surface area (Å²) >= 11 is 0. The zero-order chi connectivity index (χ0) is 9.14. The topological polar surface area (TPSA) is 35.9 Å². The summed E-state index contributed by atoms with van der Waals surface area (Å²) < 4.78 is 13.3. The molecule has 0 saturated carbocycles. The highest BCUT2D eigenvalue weighted by atomic mass is 19.1. The van der Waals surface area contributed by atoms with E-state index in [1.54, 1.807) is 26.1 Å². The summed E-state index contributed by atoms with van der Waals surface area (Å²) in [6, 6.07) is 3.45. The van der Waals surface area contributed by atoms with E-state index in [1.165, 1.54) is 0 Å². The quantitative estimate of drug-likeness (QED) is 0.649. The van der Waals surface area contributed by atoms with Crippen molar-refractivity contribution in [2.75, 3.05) is 12.4 Å². The van der Waals surface area contributed by atoms with Crippen molar-refractivity contribution in [1.29, 1.82) is 5.41 Å². The fourth-order valence-electron chi connectivity index (χ4n) is 1.06. The van der Waals surface area contributed by atoms with Crippen LogP contribution in [-0.2, 0) is 0 Å². The predicted molar refractivity (Wildman–Crippen MR) is 48.6 cm³/mol. The van der Waals surface area contributed by atoms with E-state index >= 15 is 0 Å². The molecule has 3 heteroatoms. The standard InChI is InChI=1S/C9H11FN2/c1-6-3-4-8(12-2)7(5-11)9(6)10/h3-5,11-12H,1-2H3. The number of halogens is 1. The summed E-state index contributed by atoms with van der Waals surface area (Å²) in [6.07, 6.45) is 1.02. The fourth-order valence-corrected chi connectivity index (χ4v) is 1.06. The first-order valence-corrected chi connectivity index (χ1v) is 3.68. The van der Waals surface area contributed by atoms with Gasteiger partial charge in [-0.15, -0.1) is 0 Å². The van der Waals surface area contributed by atoms with Crippen LogP contribution in [0.5, 0.6) is 0 Å². The van der Waals surface area contributed by atoms with Crippen molar-refractivity contribution in [3.63, 3.8) is 0 Å². The Morgan fingerprint density at radius 2 is 2.17 bits per heavy atom. The molecular formula is C9H11FN2. The maximum absolute atomic E-state index is 13.3. The minimum absolute atomic E-state index is 0.317. The van der Waals surface area contributed by atoms with Crippen molar-refractivity contribution < 1.29 is 4.39 Å². The third-order valence-corrected chi connectivity index (χ3v) is 1.79. The van der Waals surface area contributed by atoms with Gasteiger partial charge in [-0.1, -0.05) is 6.07 Å². The SMILES string of the molecule is CNc1ccc(C)c(F)c1C=N. The summed E-state index contributed by atoms with van der Waals surface area (Å²) in [7, 11) is 1.71.